The largest absolute Gasteiger partial charge is 0.369 e. The van der Waals surface area contributed by atoms with Gasteiger partial charge in [0.2, 0.25) is 0 Å². The molecule has 0 saturated carbocycles. The van der Waals surface area contributed by atoms with Crippen LogP contribution in [-0.4, -0.2) is 55.4 Å². The summed E-state index contributed by atoms with van der Waals surface area (Å²) in [5, 5.41) is 3.39. The minimum Gasteiger partial charge on any atom is -0.369 e. The van der Waals surface area contributed by atoms with E-state index in [1.54, 1.807) is 24.3 Å². The van der Waals surface area contributed by atoms with E-state index in [9.17, 15) is 8.42 Å². The summed E-state index contributed by atoms with van der Waals surface area (Å²) in [5.74, 6) is 0.779. The van der Waals surface area contributed by atoms with Gasteiger partial charge in [0.1, 0.15) is 11.3 Å². The van der Waals surface area contributed by atoms with Crippen molar-refractivity contribution in [2.75, 3.05) is 37.3 Å². The smallest absolute Gasteiger partial charge is 0.175 e. The Labute approximate surface area is 194 Å². The molecule has 0 radical (unpaired) electrons. The Kier molecular flexibility index (Phi) is 5.42. The van der Waals surface area contributed by atoms with Crippen molar-refractivity contribution in [3.63, 3.8) is 0 Å². The van der Waals surface area contributed by atoms with Crippen LogP contribution in [0.4, 0.5) is 5.69 Å². The lowest BCUT2D eigenvalue weighted by atomic mass is 10.1. The van der Waals surface area contributed by atoms with Gasteiger partial charge in [-0.2, -0.15) is 0 Å². The molecule has 1 saturated heterocycles. The van der Waals surface area contributed by atoms with Crippen LogP contribution in [0.3, 0.4) is 0 Å². The van der Waals surface area contributed by atoms with Gasteiger partial charge in [-0.1, -0.05) is 12.1 Å². The van der Waals surface area contributed by atoms with Crippen LogP contribution in [0, 0.1) is 6.92 Å². The maximum atomic E-state index is 11.8. The second kappa shape index (κ2) is 8.28. The Bertz CT molecular complexity index is 1420. The van der Waals surface area contributed by atoms with Crippen LogP contribution in [-0.2, 0) is 16.9 Å². The van der Waals surface area contributed by atoms with E-state index >= 15 is 0 Å². The van der Waals surface area contributed by atoms with Crippen molar-refractivity contribution in [2.45, 2.75) is 11.8 Å². The first kappa shape index (κ1) is 21.6. The monoisotopic (exact) mass is 461 g/mol. The number of sulfone groups is 1. The number of aromatic nitrogens is 3. The number of imidazole rings is 1. The molecule has 5 rings (SSSR count). The van der Waals surface area contributed by atoms with Gasteiger partial charge in [-0.25, -0.2) is 13.4 Å². The van der Waals surface area contributed by atoms with Gasteiger partial charge >= 0.3 is 0 Å². The van der Waals surface area contributed by atoms with E-state index in [1.807, 2.05) is 18.5 Å². The third kappa shape index (κ3) is 4.12. The number of hydrogen-bond donors (Lipinski definition) is 1. The van der Waals surface area contributed by atoms with E-state index in [1.165, 1.54) is 11.9 Å². The highest BCUT2D eigenvalue weighted by atomic mass is 32.2. The number of aryl methyl sites for hydroxylation is 2. The number of nitrogens with zero attached hydrogens (tertiary/aromatic N) is 4. The zero-order chi connectivity index (χ0) is 23.2. The van der Waals surface area contributed by atoms with Crippen molar-refractivity contribution in [3.05, 3.63) is 60.3 Å². The second-order valence-electron chi connectivity index (χ2n) is 8.54. The Hall–Kier alpha value is -3.23. The summed E-state index contributed by atoms with van der Waals surface area (Å²) in [7, 11) is -1.26. The number of fused-ring (bicyclic) bond motifs is 1. The van der Waals surface area contributed by atoms with Gasteiger partial charge in [0.15, 0.2) is 9.84 Å². The molecule has 0 bridgehead atoms. The lowest BCUT2D eigenvalue weighted by molar-refractivity contribution is 0.589. The van der Waals surface area contributed by atoms with Crippen molar-refractivity contribution < 1.29 is 8.42 Å². The van der Waals surface area contributed by atoms with Crippen molar-refractivity contribution in [1.82, 2.24) is 19.9 Å². The average molecular weight is 462 g/mol. The van der Waals surface area contributed by atoms with Crippen LogP contribution < -0.4 is 10.2 Å². The Balaban J connectivity index is 1.51. The molecule has 1 fully saturated rings. The van der Waals surface area contributed by atoms with Crippen molar-refractivity contribution in [3.8, 4) is 22.6 Å². The van der Waals surface area contributed by atoms with Crippen molar-refractivity contribution >= 4 is 26.6 Å². The van der Waals surface area contributed by atoms with Crippen LogP contribution in [0.15, 0.2) is 59.5 Å². The second-order valence-corrected chi connectivity index (χ2v) is 10.6. The van der Waals surface area contributed by atoms with E-state index in [0.29, 0.717) is 4.90 Å². The molecule has 0 amide bonds. The SMILES string of the molecule is Cc1nc(-c2ccc(N3CCNCC3)cc2)cc2c1nc(-c1ccc(S(C)(=O)=O)cc1)n2C. The summed E-state index contributed by atoms with van der Waals surface area (Å²) in [6.07, 6.45) is 1.21. The fraction of sp³-hybridized carbons (Fsp3) is 0.280. The molecule has 1 aliphatic rings. The molecule has 33 heavy (non-hydrogen) atoms. The van der Waals surface area contributed by atoms with Crippen LogP contribution >= 0.6 is 0 Å². The van der Waals surface area contributed by atoms with E-state index in [2.05, 4.69) is 40.5 Å². The predicted octanol–water partition coefficient (Wildman–Crippen LogP) is 3.42. The Morgan fingerprint density at radius 3 is 2.18 bits per heavy atom. The number of benzene rings is 2. The number of pyridine rings is 1. The number of piperazine rings is 1. The molecule has 2 aromatic heterocycles. The molecular weight excluding hydrogens is 434 g/mol. The van der Waals surface area contributed by atoms with E-state index in [0.717, 1.165) is 65.6 Å². The molecule has 1 N–H and O–H groups in total. The third-order valence-corrected chi connectivity index (χ3v) is 7.36. The lowest BCUT2D eigenvalue weighted by Crippen LogP contribution is -2.43. The van der Waals surface area contributed by atoms with Crippen LogP contribution in [0.5, 0.6) is 0 Å². The topological polar surface area (TPSA) is 80.1 Å². The molecule has 8 heteroatoms. The molecule has 170 valence electrons. The highest BCUT2D eigenvalue weighted by molar-refractivity contribution is 7.90. The third-order valence-electron chi connectivity index (χ3n) is 6.23. The molecule has 3 heterocycles. The molecule has 4 aromatic rings. The van der Waals surface area contributed by atoms with E-state index in [4.69, 9.17) is 9.97 Å². The Morgan fingerprint density at radius 2 is 1.55 bits per heavy atom. The van der Waals surface area contributed by atoms with E-state index < -0.39 is 9.84 Å². The normalized spacial score (nSPS) is 14.7. The molecular formula is C25H27N5O2S. The lowest BCUT2D eigenvalue weighted by Gasteiger charge is -2.29. The summed E-state index contributed by atoms with van der Waals surface area (Å²) < 4.78 is 25.6. The zero-order valence-corrected chi connectivity index (χ0v) is 19.9. The van der Waals surface area contributed by atoms with Crippen molar-refractivity contribution in [2.24, 2.45) is 7.05 Å². The fourth-order valence-electron chi connectivity index (χ4n) is 4.36. The number of anilines is 1. The Morgan fingerprint density at radius 1 is 0.909 bits per heavy atom. The van der Waals surface area contributed by atoms with Gasteiger partial charge < -0.3 is 14.8 Å². The zero-order valence-electron chi connectivity index (χ0n) is 19.0. The van der Waals surface area contributed by atoms with Crippen LogP contribution in [0.25, 0.3) is 33.7 Å². The summed E-state index contributed by atoms with van der Waals surface area (Å²) in [5.41, 5.74) is 6.78. The number of hydrogen-bond acceptors (Lipinski definition) is 6. The van der Waals surface area contributed by atoms with Crippen molar-refractivity contribution in [1.29, 1.82) is 0 Å². The van der Waals surface area contributed by atoms with E-state index in [-0.39, 0.29) is 0 Å². The first-order chi connectivity index (χ1) is 15.8. The molecule has 1 aliphatic heterocycles. The maximum absolute atomic E-state index is 11.8. The van der Waals surface area contributed by atoms with Crippen LogP contribution in [0.1, 0.15) is 5.69 Å². The molecule has 0 spiro atoms. The minimum absolute atomic E-state index is 0.300. The maximum Gasteiger partial charge on any atom is 0.175 e. The number of rotatable bonds is 4. The van der Waals surface area contributed by atoms with Gasteiger partial charge in [0.25, 0.3) is 0 Å². The summed E-state index contributed by atoms with van der Waals surface area (Å²) >= 11 is 0. The standard InChI is InChI=1S/C25H27N5O2S/c1-17-24-23(29(2)25(28-24)19-6-10-21(11-7-19)33(3,31)32)16-22(27-17)18-4-8-20(9-5-18)30-14-12-26-13-15-30/h4-11,16,26H,12-15H2,1-3H3. The highest BCUT2D eigenvalue weighted by Crippen LogP contribution is 2.30. The minimum atomic E-state index is -3.23. The molecule has 0 unspecified atom stereocenters. The summed E-state index contributed by atoms with van der Waals surface area (Å²) in [4.78, 5) is 12.3. The quantitative estimate of drug-likeness (QED) is 0.502. The summed E-state index contributed by atoms with van der Waals surface area (Å²) in [6.45, 7) is 6.04. The van der Waals surface area contributed by atoms with Gasteiger partial charge in [-0.05, 0) is 49.4 Å². The van der Waals surface area contributed by atoms with Gasteiger partial charge in [-0.3, -0.25) is 4.98 Å². The van der Waals surface area contributed by atoms with Gasteiger partial charge in [0.05, 0.1) is 21.8 Å². The average Bonchev–Trinajstić information content (AvgIpc) is 3.16. The number of nitrogens with one attached hydrogen (secondary N) is 1. The van der Waals surface area contributed by atoms with Crippen LogP contribution in [0.2, 0.25) is 0 Å². The highest BCUT2D eigenvalue weighted by Gasteiger charge is 2.16. The molecule has 2 aromatic carbocycles. The first-order valence-electron chi connectivity index (χ1n) is 11.0. The molecule has 7 nitrogen and oxygen atoms in total. The first-order valence-corrected chi connectivity index (χ1v) is 12.9. The molecule has 0 aliphatic carbocycles. The summed E-state index contributed by atoms with van der Waals surface area (Å²) in [6, 6.07) is 17.5. The molecule has 0 atom stereocenters. The van der Waals surface area contributed by atoms with Gasteiger partial charge in [-0.15, -0.1) is 0 Å². The predicted molar refractivity (Wildman–Crippen MR) is 132 cm³/mol. The van der Waals surface area contributed by atoms with Gasteiger partial charge in [0, 0.05) is 56.3 Å². The fourth-order valence-corrected chi connectivity index (χ4v) is 4.99.